The van der Waals surface area contributed by atoms with Gasteiger partial charge in [-0.05, 0) is 51.4 Å². The van der Waals surface area contributed by atoms with Crippen molar-refractivity contribution in [2.75, 3.05) is 6.61 Å². The summed E-state index contributed by atoms with van der Waals surface area (Å²) in [6.07, 6.45) is 58.4. The fourth-order valence-electron chi connectivity index (χ4n) is 9.02. The van der Waals surface area contributed by atoms with Crippen LogP contribution in [0.4, 0.5) is 0 Å². The molecule has 0 aromatic rings. The number of carbonyl (C=O) groups excluding carboxylic acids is 2. The summed E-state index contributed by atoms with van der Waals surface area (Å²) >= 11 is 0. The Morgan fingerprint density at radius 3 is 1.14 bits per heavy atom. The number of nitrogens with one attached hydrogen (secondary N) is 1. The van der Waals surface area contributed by atoms with Gasteiger partial charge in [-0.25, -0.2) is 0 Å². The van der Waals surface area contributed by atoms with Crippen molar-refractivity contribution < 1.29 is 24.5 Å². The highest BCUT2D eigenvalue weighted by Crippen LogP contribution is 2.19. The standard InChI is InChI=1S/C57H111NO5/c1-4-7-10-13-16-19-22-25-27-29-31-33-36-39-42-45-48-53(63-57(62)50-47-44-41-38-35-32-28-26-23-20-17-14-11-8-5-2)51-56(61)58-54(52-59)55(60)49-46-43-40-37-34-30-24-21-18-15-12-9-6-3/h20,23,53-55,59-60H,4-19,21-22,24-52H2,1-3H3,(H,58,61)/b23-20-. The van der Waals surface area contributed by atoms with Crippen LogP contribution in [0.25, 0.3) is 0 Å². The topological polar surface area (TPSA) is 95.9 Å². The number of unbranched alkanes of at least 4 members (excludes halogenated alkanes) is 38. The van der Waals surface area contributed by atoms with Crippen LogP contribution in [0.3, 0.4) is 0 Å². The van der Waals surface area contributed by atoms with Crippen LogP contribution in [0.15, 0.2) is 12.2 Å². The van der Waals surface area contributed by atoms with E-state index in [1.54, 1.807) is 0 Å². The van der Waals surface area contributed by atoms with Crippen LogP contribution in [0, 0.1) is 0 Å². The van der Waals surface area contributed by atoms with Crippen molar-refractivity contribution in [3.8, 4) is 0 Å². The highest BCUT2D eigenvalue weighted by Gasteiger charge is 2.24. The molecule has 0 aromatic carbocycles. The maximum Gasteiger partial charge on any atom is 0.306 e. The van der Waals surface area contributed by atoms with E-state index in [-0.39, 0.29) is 24.9 Å². The van der Waals surface area contributed by atoms with Crippen molar-refractivity contribution in [3.63, 3.8) is 0 Å². The quantitative estimate of drug-likeness (QED) is 0.0321. The van der Waals surface area contributed by atoms with Crippen LogP contribution < -0.4 is 5.32 Å². The van der Waals surface area contributed by atoms with E-state index >= 15 is 0 Å². The fraction of sp³-hybridized carbons (Fsp3) is 0.930. The number of ether oxygens (including phenoxy) is 1. The van der Waals surface area contributed by atoms with Gasteiger partial charge < -0.3 is 20.3 Å². The normalized spacial score (nSPS) is 13.2. The van der Waals surface area contributed by atoms with Gasteiger partial charge in [0.15, 0.2) is 0 Å². The molecule has 0 radical (unpaired) electrons. The minimum absolute atomic E-state index is 0.0838. The maximum atomic E-state index is 13.2. The van der Waals surface area contributed by atoms with Crippen molar-refractivity contribution >= 4 is 11.9 Å². The molecule has 0 rings (SSSR count). The molecule has 0 saturated heterocycles. The molecule has 0 aromatic heterocycles. The summed E-state index contributed by atoms with van der Waals surface area (Å²) in [5.41, 5.74) is 0. The summed E-state index contributed by atoms with van der Waals surface area (Å²) in [6.45, 7) is 6.51. The van der Waals surface area contributed by atoms with Gasteiger partial charge in [-0.3, -0.25) is 9.59 Å². The van der Waals surface area contributed by atoms with Crippen LogP contribution in [-0.2, 0) is 14.3 Å². The van der Waals surface area contributed by atoms with E-state index in [1.165, 1.54) is 225 Å². The van der Waals surface area contributed by atoms with E-state index < -0.39 is 18.2 Å². The lowest BCUT2D eigenvalue weighted by Crippen LogP contribution is -2.46. The average molecular weight is 891 g/mol. The summed E-state index contributed by atoms with van der Waals surface area (Å²) < 4.78 is 5.96. The largest absolute Gasteiger partial charge is 0.462 e. The summed E-state index contributed by atoms with van der Waals surface area (Å²) in [4.78, 5) is 26.2. The van der Waals surface area contributed by atoms with Crippen molar-refractivity contribution in [2.24, 2.45) is 0 Å². The second-order valence-corrected chi connectivity index (χ2v) is 19.7. The van der Waals surface area contributed by atoms with Gasteiger partial charge in [-0.15, -0.1) is 0 Å². The van der Waals surface area contributed by atoms with Gasteiger partial charge in [0.1, 0.15) is 6.10 Å². The number of allylic oxidation sites excluding steroid dienone is 2. The lowest BCUT2D eigenvalue weighted by atomic mass is 10.0. The van der Waals surface area contributed by atoms with E-state index in [4.69, 9.17) is 4.74 Å². The molecule has 374 valence electrons. The molecule has 0 aliphatic rings. The molecule has 0 aliphatic carbocycles. The second-order valence-electron chi connectivity index (χ2n) is 19.7. The zero-order valence-corrected chi connectivity index (χ0v) is 42.7. The molecule has 6 heteroatoms. The first kappa shape index (κ1) is 61.6. The van der Waals surface area contributed by atoms with Gasteiger partial charge in [0, 0.05) is 6.42 Å². The minimum Gasteiger partial charge on any atom is -0.462 e. The fourth-order valence-corrected chi connectivity index (χ4v) is 9.02. The number of hydrogen-bond acceptors (Lipinski definition) is 5. The Morgan fingerprint density at radius 2 is 0.762 bits per heavy atom. The Hall–Kier alpha value is -1.40. The van der Waals surface area contributed by atoms with Crippen molar-refractivity contribution in [1.82, 2.24) is 5.32 Å². The molecule has 3 unspecified atom stereocenters. The van der Waals surface area contributed by atoms with Crippen LogP contribution in [-0.4, -0.2) is 46.9 Å². The number of hydrogen-bond donors (Lipinski definition) is 3. The zero-order chi connectivity index (χ0) is 45.9. The lowest BCUT2D eigenvalue weighted by Gasteiger charge is -2.24. The van der Waals surface area contributed by atoms with Crippen LogP contribution >= 0.6 is 0 Å². The van der Waals surface area contributed by atoms with Crippen LogP contribution in [0.5, 0.6) is 0 Å². The molecule has 0 saturated carbocycles. The average Bonchev–Trinajstić information content (AvgIpc) is 3.28. The third kappa shape index (κ3) is 46.9. The minimum atomic E-state index is -0.782. The number of rotatable bonds is 52. The number of carbonyl (C=O) groups is 2. The Morgan fingerprint density at radius 1 is 0.444 bits per heavy atom. The molecule has 3 atom stereocenters. The number of amides is 1. The van der Waals surface area contributed by atoms with Crippen molar-refractivity contribution in [1.29, 1.82) is 0 Å². The summed E-state index contributed by atoms with van der Waals surface area (Å²) in [5, 5.41) is 23.9. The highest BCUT2D eigenvalue weighted by atomic mass is 16.5. The molecule has 0 spiro atoms. The third-order valence-corrected chi connectivity index (χ3v) is 13.3. The number of esters is 1. The van der Waals surface area contributed by atoms with Gasteiger partial charge >= 0.3 is 5.97 Å². The Kier molecular flexibility index (Phi) is 50.4. The predicted molar refractivity (Wildman–Crippen MR) is 273 cm³/mol. The molecule has 1 amide bonds. The van der Waals surface area contributed by atoms with Crippen LogP contribution in [0.2, 0.25) is 0 Å². The van der Waals surface area contributed by atoms with Gasteiger partial charge in [-0.1, -0.05) is 264 Å². The first-order valence-corrected chi connectivity index (χ1v) is 28.4. The predicted octanol–water partition coefficient (Wildman–Crippen LogP) is 17.3. The number of aliphatic hydroxyl groups excluding tert-OH is 2. The van der Waals surface area contributed by atoms with E-state index in [0.717, 1.165) is 44.9 Å². The summed E-state index contributed by atoms with van der Waals surface area (Å²) in [7, 11) is 0. The van der Waals surface area contributed by atoms with Gasteiger partial charge in [-0.2, -0.15) is 0 Å². The Labute approximate surface area is 393 Å². The van der Waals surface area contributed by atoms with Crippen molar-refractivity contribution in [3.05, 3.63) is 12.2 Å². The maximum absolute atomic E-state index is 13.2. The van der Waals surface area contributed by atoms with Gasteiger partial charge in [0.05, 0.1) is 25.2 Å². The molecule has 0 aliphatic heterocycles. The van der Waals surface area contributed by atoms with E-state index in [9.17, 15) is 19.8 Å². The first-order valence-electron chi connectivity index (χ1n) is 28.4. The monoisotopic (exact) mass is 890 g/mol. The highest BCUT2D eigenvalue weighted by molar-refractivity contribution is 5.77. The Bertz CT molecular complexity index is 955. The third-order valence-electron chi connectivity index (χ3n) is 13.3. The molecule has 0 bridgehead atoms. The zero-order valence-electron chi connectivity index (χ0n) is 42.7. The molecule has 63 heavy (non-hydrogen) atoms. The summed E-state index contributed by atoms with van der Waals surface area (Å²) in [5.74, 6) is -0.456. The summed E-state index contributed by atoms with van der Waals surface area (Å²) in [6, 6.07) is -0.696. The number of aliphatic hydroxyl groups is 2. The molecule has 0 heterocycles. The SMILES string of the molecule is CCCCCC/C=C\CCCCCCCCCC(=O)OC(CCCCCCCCCCCCCCCCCC)CC(=O)NC(CO)C(O)CCCCCCCCCCCCCCC. The molecular formula is C57H111NO5. The van der Waals surface area contributed by atoms with Gasteiger partial charge in [0.2, 0.25) is 5.91 Å². The van der Waals surface area contributed by atoms with Crippen LogP contribution in [0.1, 0.15) is 316 Å². The van der Waals surface area contributed by atoms with E-state index in [0.29, 0.717) is 19.3 Å². The molecule has 3 N–H and O–H groups in total. The second kappa shape index (κ2) is 51.6. The molecule has 6 nitrogen and oxygen atoms in total. The van der Waals surface area contributed by atoms with E-state index in [1.807, 2.05) is 0 Å². The molecule has 0 fully saturated rings. The first-order chi connectivity index (χ1) is 31.0. The van der Waals surface area contributed by atoms with Gasteiger partial charge in [0.25, 0.3) is 0 Å². The Balaban J connectivity index is 4.52. The van der Waals surface area contributed by atoms with E-state index in [2.05, 4.69) is 38.2 Å². The van der Waals surface area contributed by atoms with Crippen molar-refractivity contribution in [2.45, 2.75) is 334 Å². The molecular weight excluding hydrogens is 779 g/mol. The lowest BCUT2D eigenvalue weighted by molar-refractivity contribution is -0.151. The smallest absolute Gasteiger partial charge is 0.306 e.